The molecular weight excluding hydrogens is 444 g/mol. The lowest BCUT2D eigenvalue weighted by molar-refractivity contribution is 0.180. The Balaban J connectivity index is 1.40. The van der Waals surface area contributed by atoms with Gasteiger partial charge in [0.05, 0.1) is 5.92 Å². The zero-order chi connectivity index (χ0) is 24.2. The largest absolute Gasteiger partial charge is 0.508 e. The Kier molecular flexibility index (Phi) is 6.77. The summed E-state index contributed by atoms with van der Waals surface area (Å²) in [5.74, 6) is 1.03. The molecule has 3 N–H and O–H groups in total. The Morgan fingerprint density at radius 3 is 2.26 bits per heavy atom. The first-order valence-electron chi connectivity index (χ1n) is 12.1. The van der Waals surface area contributed by atoms with Gasteiger partial charge in [0, 0.05) is 18.2 Å². The number of rotatable bonds is 6. The molecule has 5 rings (SSSR count). The highest BCUT2D eigenvalue weighted by Crippen LogP contribution is 2.45. The fourth-order valence-corrected chi connectivity index (χ4v) is 4.96. The topological polar surface area (TPSA) is 94.8 Å². The summed E-state index contributed by atoms with van der Waals surface area (Å²) >= 11 is 0. The molecule has 0 amide bonds. The number of fused-ring (bicyclic) bond motifs is 1. The summed E-state index contributed by atoms with van der Waals surface area (Å²) in [4.78, 5) is 2.44. The number of benzene rings is 3. The van der Waals surface area contributed by atoms with E-state index < -0.39 is 12.0 Å². The molecule has 35 heavy (non-hydrogen) atoms. The molecule has 7 heteroatoms. The van der Waals surface area contributed by atoms with E-state index in [1.165, 1.54) is 31.4 Å². The quantitative estimate of drug-likeness (QED) is 0.342. The fourth-order valence-electron chi connectivity index (χ4n) is 4.96. The number of piperidine rings is 1. The molecule has 3 aromatic rings. The van der Waals surface area contributed by atoms with Crippen LogP contribution in [0.2, 0.25) is 0 Å². The molecular formula is C28H30N2O5. The van der Waals surface area contributed by atoms with Crippen LogP contribution in [0.3, 0.4) is 0 Å². The number of aromatic hydroxyl groups is 2. The summed E-state index contributed by atoms with van der Waals surface area (Å²) in [6.45, 7) is 3.86. The lowest BCUT2D eigenvalue weighted by Gasteiger charge is -2.35. The highest BCUT2D eigenvalue weighted by molar-refractivity contribution is 6.08. The molecule has 0 aromatic heterocycles. The van der Waals surface area contributed by atoms with Gasteiger partial charge in [-0.15, -0.1) is 0 Å². The molecule has 0 bridgehead atoms. The number of phenols is 2. The minimum absolute atomic E-state index is 0.0697. The van der Waals surface area contributed by atoms with Crippen molar-refractivity contribution in [2.75, 3.05) is 26.2 Å². The average Bonchev–Trinajstić information content (AvgIpc) is 2.89. The maximum Gasteiger partial charge on any atom is 0.136 e. The Morgan fingerprint density at radius 1 is 0.857 bits per heavy atom. The van der Waals surface area contributed by atoms with Crippen LogP contribution in [-0.2, 0) is 0 Å². The normalized spacial score (nSPS) is 21.3. The lowest BCUT2D eigenvalue weighted by Crippen LogP contribution is -2.33. The summed E-state index contributed by atoms with van der Waals surface area (Å²) in [5, 5.41) is 33.4. The minimum Gasteiger partial charge on any atom is -0.508 e. The number of phenolic OH excluding ortho intramolecular Hbond substituents is 2. The third-order valence-corrected chi connectivity index (χ3v) is 6.79. The zero-order valence-electron chi connectivity index (χ0n) is 19.5. The second-order valence-corrected chi connectivity index (χ2v) is 9.09. The predicted octanol–water partition coefficient (Wildman–Crippen LogP) is 5.06. The van der Waals surface area contributed by atoms with Crippen LogP contribution in [-0.4, -0.2) is 52.3 Å². The van der Waals surface area contributed by atoms with Crippen molar-refractivity contribution in [3.63, 3.8) is 0 Å². The van der Waals surface area contributed by atoms with Gasteiger partial charge in [0.1, 0.15) is 41.4 Å². The van der Waals surface area contributed by atoms with Crippen LogP contribution < -0.4 is 9.47 Å². The first-order valence-corrected chi connectivity index (χ1v) is 12.1. The van der Waals surface area contributed by atoms with Gasteiger partial charge < -0.3 is 24.9 Å². The third-order valence-electron chi connectivity index (χ3n) is 6.79. The monoisotopic (exact) mass is 474 g/mol. The molecule has 1 saturated heterocycles. The fraction of sp³-hybridized carbons (Fsp3) is 0.321. The number of ether oxygens (including phenoxy) is 2. The Labute approximate surface area is 204 Å². The summed E-state index contributed by atoms with van der Waals surface area (Å²) in [7, 11) is 0. The highest BCUT2D eigenvalue weighted by atomic mass is 16.5. The van der Waals surface area contributed by atoms with Crippen molar-refractivity contribution in [3.8, 4) is 23.0 Å². The average molecular weight is 475 g/mol. The molecule has 2 aliphatic heterocycles. The van der Waals surface area contributed by atoms with E-state index in [1.807, 2.05) is 24.3 Å². The molecule has 1 fully saturated rings. The second-order valence-electron chi connectivity index (χ2n) is 9.09. The maximum absolute atomic E-state index is 10.0. The van der Waals surface area contributed by atoms with Gasteiger partial charge in [0.25, 0.3) is 0 Å². The van der Waals surface area contributed by atoms with E-state index in [1.54, 1.807) is 30.3 Å². The number of oxime groups is 1. The van der Waals surface area contributed by atoms with E-state index in [0.717, 1.165) is 36.5 Å². The van der Waals surface area contributed by atoms with Crippen molar-refractivity contribution in [1.82, 2.24) is 4.90 Å². The predicted molar refractivity (Wildman–Crippen MR) is 133 cm³/mol. The van der Waals surface area contributed by atoms with Gasteiger partial charge in [-0.05, 0) is 73.5 Å². The second kappa shape index (κ2) is 10.3. The Morgan fingerprint density at radius 2 is 1.54 bits per heavy atom. The number of hydrogen-bond donors (Lipinski definition) is 3. The number of likely N-dealkylation sites (tertiary alicyclic amines) is 1. The minimum atomic E-state index is -0.512. The van der Waals surface area contributed by atoms with Crippen LogP contribution in [0.4, 0.5) is 0 Å². The highest BCUT2D eigenvalue weighted by Gasteiger charge is 2.38. The van der Waals surface area contributed by atoms with Crippen LogP contribution in [0.5, 0.6) is 23.0 Å². The van der Waals surface area contributed by atoms with E-state index in [-0.39, 0.29) is 11.5 Å². The molecule has 2 atom stereocenters. The molecule has 0 saturated carbocycles. The van der Waals surface area contributed by atoms with Crippen molar-refractivity contribution in [2.45, 2.75) is 31.3 Å². The van der Waals surface area contributed by atoms with Crippen molar-refractivity contribution >= 4 is 5.71 Å². The summed E-state index contributed by atoms with van der Waals surface area (Å²) in [6, 6.07) is 19.3. The van der Waals surface area contributed by atoms with Crippen LogP contribution in [0.15, 0.2) is 71.9 Å². The Hall–Kier alpha value is -3.71. The van der Waals surface area contributed by atoms with E-state index >= 15 is 0 Å². The van der Waals surface area contributed by atoms with E-state index in [0.29, 0.717) is 23.6 Å². The molecule has 2 aliphatic rings. The van der Waals surface area contributed by atoms with Crippen LogP contribution >= 0.6 is 0 Å². The van der Waals surface area contributed by atoms with Gasteiger partial charge in [-0.1, -0.05) is 35.8 Å². The summed E-state index contributed by atoms with van der Waals surface area (Å²) in [5.41, 5.74) is 2.75. The van der Waals surface area contributed by atoms with Crippen molar-refractivity contribution in [2.24, 2.45) is 5.16 Å². The molecule has 0 spiro atoms. The molecule has 2 heterocycles. The SMILES string of the molecule is ON=C1c2ccc(O)cc2OC(c2ccc(OCCN3CCCCC3)cc2)C1c1ccc(O)cc1. The van der Waals surface area contributed by atoms with Crippen molar-refractivity contribution in [1.29, 1.82) is 0 Å². The van der Waals surface area contributed by atoms with Gasteiger partial charge >= 0.3 is 0 Å². The van der Waals surface area contributed by atoms with Gasteiger partial charge in [0.15, 0.2) is 0 Å². The zero-order valence-corrected chi connectivity index (χ0v) is 19.5. The Bertz CT molecular complexity index is 1170. The smallest absolute Gasteiger partial charge is 0.136 e. The van der Waals surface area contributed by atoms with Crippen LogP contribution in [0, 0.1) is 0 Å². The first kappa shape index (κ1) is 23.1. The maximum atomic E-state index is 10.0. The molecule has 3 aromatic carbocycles. The van der Waals surface area contributed by atoms with Crippen molar-refractivity contribution in [3.05, 3.63) is 83.4 Å². The van der Waals surface area contributed by atoms with Gasteiger partial charge in [-0.2, -0.15) is 0 Å². The van der Waals surface area contributed by atoms with Gasteiger partial charge in [0.2, 0.25) is 0 Å². The van der Waals surface area contributed by atoms with E-state index in [4.69, 9.17) is 9.47 Å². The third kappa shape index (κ3) is 5.05. The molecule has 0 aliphatic carbocycles. The van der Waals surface area contributed by atoms with Crippen molar-refractivity contribution < 1.29 is 24.9 Å². The van der Waals surface area contributed by atoms with E-state index in [2.05, 4.69) is 10.1 Å². The molecule has 182 valence electrons. The van der Waals surface area contributed by atoms with Crippen LogP contribution in [0.25, 0.3) is 0 Å². The molecule has 2 unspecified atom stereocenters. The van der Waals surface area contributed by atoms with Gasteiger partial charge in [-0.3, -0.25) is 4.90 Å². The van der Waals surface area contributed by atoms with Gasteiger partial charge in [-0.25, -0.2) is 0 Å². The lowest BCUT2D eigenvalue weighted by atomic mass is 9.80. The first-order chi connectivity index (χ1) is 17.1. The molecule has 7 nitrogen and oxygen atoms in total. The number of hydrogen-bond acceptors (Lipinski definition) is 7. The molecule has 0 radical (unpaired) electrons. The standard InChI is InChI=1S/C28H30N2O5/c31-21-8-4-19(5-9-21)26-27(29-33)24-13-10-22(32)18-25(24)35-28(26)20-6-11-23(12-7-20)34-17-16-30-14-2-1-3-15-30/h4-13,18,26,28,31-33H,1-3,14-17H2. The number of nitrogens with zero attached hydrogens (tertiary/aromatic N) is 2. The van der Waals surface area contributed by atoms with Crippen LogP contribution in [0.1, 0.15) is 48.0 Å². The van der Waals surface area contributed by atoms with E-state index in [9.17, 15) is 15.4 Å². The summed E-state index contributed by atoms with van der Waals surface area (Å²) < 4.78 is 12.3. The summed E-state index contributed by atoms with van der Waals surface area (Å²) in [6.07, 6.45) is 3.33.